The van der Waals surface area contributed by atoms with E-state index < -0.39 is 0 Å². The number of ether oxygens (including phenoxy) is 1. The lowest BCUT2D eigenvalue weighted by Crippen LogP contribution is -2.24. The summed E-state index contributed by atoms with van der Waals surface area (Å²) in [4.78, 5) is 1.85. The van der Waals surface area contributed by atoms with Crippen molar-refractivity contribution in [1.29, 1.82) is 0 Å². The maximum Gasteiger partial charge on any atom is 0.318 e. The van der Waals surface area contributed by atoms with Gasteiger partial charge in [0.15, 0.2) is 0 Å². The van der Waals surface area contributed by atoms with Gasteiger partial charge in [-0.05, 0) is 18.1 Å². The van der Waals surface area contributed by atoms with Crippen LogP contribution in [0.1, 0.15) is 18.4 Å². The molecule has 1 aromatic carbocycles. The second-order valence-corrected chi connectivity index (χ2v) is 4.41. The summed E-state index contributed by atoms with van der Waals surface area (Å²) in [5.41, 5.74) is 6.64. The molecule has 0 fully saturated rings. The van der Waals surface area contributed by atoms with Crippen molar-refractivity contribution < 1.29 is 9.15 Å². The minimum absolute atomic E-state index is 0.251. The van der Waals surface area contributed by atoms with Gasteiger partial charge < -0.3 is 19.8 Å². The number of nitrogens with zero attached hydrogens (tertiary/aromatic N) is 3. The molecule has 0 aliphatic heterocycles. The molecule has 2 aromatic rings. The Labute approximate surface area is 118 Å². The maximum absolute atomic E-state index is 5.80. The van der Waals surface area contributed by atoms with Gasteiger partial charge in [0.05, 0.1) is 13.1 Å². The molecular formula is C14H20N4O2. The molecule has 0 atom stereocenters. The van der Waals surface area contributed by atoms with Crippen LogP contribution >= 0.6 is 0 Å². The number of nitrogens with two attached hydrogens (primary N) is 1. The van der Waals surface area contributed by atoms with Crippen LogP contribution in [-0.2, 0) is 13.0 Å². The number of likely N-dealkylation sites (N-methyl/N-ethyl adjacent to an activating group) is 1. The summed E-state index contributed by atoms with van der Waals surface area (Å²) in [5.74, 6) is 1.36. The molecule has 0 saturated carbocycles. The molecule has 108 valence electrons. The summed E-state index contributed by atoms with van der Waals surface area (Å²) in [6, 6.07) is 8.51. The van der Waals surface area contributed by atoms with E-state index in [9.17, 15) is 0 Å². The summed E-state index contributed by atoms with van der Waals surface area (Å²) in [6.45, 7) is 3.57. The first kappa shape index (κ1) is 14.3. The molecule has 1 aromatic heterocycles. The van der Waals surface area contributed by atoms with Crippen molar-refractivity contribution in [2.24, 2.45) is 5.73 Å². The van der Waals surface area contributed by atoms with Crippen molar-refractivity contribution >= 4 is 6.01 Å². The van der Waals surface area contributed by atoms with Gasteiger partial charge in [0.25, 0.3) is 0 Å². The van der Waals surface area contributed by atoms with Crippen LogP contribution in [0.2, 0.25) is 0 Å². The fourth-order valence-electron chi connectivity index (χ4n) is 1.81. The molecule has 0 spiro atoms. The minimum Gasteiger partial charge on any atom is -0.491 e. The standard InChI is InChI=1S/C14H20N4O2/c1-3-11-6-4-5-7-12(11)19-9-8-18(2)14-17-16-13(10-15)20-14/h4-7H,3,8-10,15H2,1-2H3. The predicted octanol–water partition coefficient (Wildman–Crippen LogP) is 1.61. The van der Waals surface area contributed by atoms with Gasteiger partial charge in [0.1, 0.15) is 12.4 Å². The van der Waals surface area contributed by atoms with Crippen LogP contribution in [0.15, 0.2) is 28.7 Å². The zero-order chi connectivity index (χ0) is 14.4. The monoisotopic (exact) mass is 276 g/mol. The Hall–Kier alpha value is -2.08. The number of aryl methyl sites for hydroxylation is 1. The molecule has 0 unspecified atom stereocenters. The summed E-state index contributed by atoms with van der Waals surface area (Å²) in [7, 11) is 1.88. The highest BCUT2D eigenvalue weighted by Crippen LogP contribution is 2.18. The van der Waals surface area contributed by atoms with Crippen molar-refractivity contribution in [1.82, 2.24) is 10.2 Å². The number of para-hydroxylation sites is 1. The fraction of sp³-hybridized carbons (Fsp3) is 0.429. The number of aromatic nitrogens is 2. The zero-order valence-electron chi connectivity index (χ0n) is 11.9. The molecule has 0 bridgehead atoms. The number of anilines is 1. The number of rotatable bonds is 7. The molecule has 0 radical (unpaired) electrons. The molecule has 6 heteroatoms. The fourth-order valence-corrected chi connectivity index (χ4v) is 1.81. The number of benzene rings is 1. The number of hydrogen-bond acceptors (Lipinski definition) is 6. The Bertz CT molecular complexity index is 541. The Morgan fingerprint density at radius 2 is 2.10 bits per heavy atom. The highest BCUT2D eigenvalue weighted by atomic mass is 16.5. The van der Waals surface area contributed by atoms with Crippen molar-refractivity contribution in [2.45, 2.75) is 19.9 Å². The van der Waals surface area contributed by atoms with Crippen molar-refractivity contribution in [2.75, 3.05) is 25.1 Å². The highest BCUT2D eigenvalue weighted by Gasteiger charge is 2.10. The van der Waals surface area contributed by atoms with E-state index in [-0.39, 0.29) is 6.54 Å². The third kappa shape index (κ3) is 3.48. The molecule has 2 N–H and O–H groups in total. The maximum atomic E-state index is 5.80. The van der Waals surface area contributed by atoms with Gasteiger partial charge in [-0.2, -0.15) is 0 Å². The minimum atomic E-state index is 0.251. The van der Waals surface area contributed by atoms with Gasteiger partial charge in [-0.1, -0.05) is 30.2 Å². The Balaban J connectivity index is 1.86. The molecular weight excluding hydrogens is 256 g/mol. The van der Waals surface area contributed by atoms with Crippen molar-refractivity contribution in [3.05, 3.63) is 35.7 Å². The van der Waals surface area contributed by atoms with Crippen LogP contribution in [0.4, 0.5) is 6.01 Å². The number of hydrogen-bond donors (Lipinski definition) is 1. The largest absolute Gasteiger partial charge is 0.491 e. The molecule has 20 heavy (non-hydrogen) atoms. The van der Waals surface area contributed by atoms with Crippen LogP contribution in [0.3, 0.4) is 0 Å². The summed E-state index contributed by atoms with van der Waals surface area (Å²) < 4.78 is 11.2. The Kier molecular flexibility index (Phi) is 4.95. The molecule has 0 amide bonds. The highest BCUT2D eigenvalue weighted by molar-refractivity contribution is 5.33. The molecule has 6 nitrogen and oxygen atoms in total. The van der Waals surface area contributed by atoms with Gasteiger partial charge in [0.2, 0.25) is 5.89 Å². The molecule has 0 aliphatic carbocycles. The van der Waals surface area contributed by atoms with Crippen molar-refractivity contribution in [3.63, 3.8) is 0 Å². The van der Waals surface area contributed by atoms with Gasteiger partial charge >= 0.3 is 6.01 Å². The average molecular weight is 276 g/mol. The zero-order valence-corrected chi connectivity index (χ0v) is 11.9. The first-order valence-corrected chi connectivity index (χ1v) is 6.69. The predicted molar refractivity (Wildman–Crippen MR) is 76.8 cm³/mol. The molecule has 2 rings (SSSR count). The van der Waals surface area contributed by atoms with Crippen LogP contribution in [0.5, 0.6) is 5.75 Å². The lowest BCUT2D eigenvalue weighted by molar-refractivity contribution is 0.319. The second kappa shape index (κ2) is 6.91. The van der Waals surface area contributed by atoms with Crippen LogP contribution in [-0.4, -0.2) is 30.4 Å². The van der Waals surface area contributed by atoms with Crippen LogP contribution in [0.25, 0.3) is 0 Å². The SMILES string of the molecule is CCc1ccccc1OCCN(C)c1nnc(CN)o1. The third-order valence-corrected chi connectivity index (χ3v) is 3.00. The quantitative estimate of drug-likeness (QED) is 0.827. The van der Waals surface area contributed by atoms with Gasteiger partial charge in [-0.3, -0.25) is 0 Å². The second-order valence-electron chi connectivity index (χ2n) is 4.41. The first-order valence-electron chi connectivity index (χ1n) is 6.69. The summed E-state index contributed by atoms with van der Waals surface area (Å²) in [5, 5.41) is 7.75. The lowest BCUT2D eigenvalue weighted by Gasteiger charge is -2.15. The van der Waals surface area contributed by atoms with E-state index in [0.717, 1.165) is 12.2 Å². The normalized spacial score (nSPS) is 10.6. The van der Waals surface area contributed by atoms with E-state index in [4.69, 9.17) is 14.9 Å². The smallest absolute Gasteiger partial charge is 0.318 e. The van der Waals surface area contributed by atoms with E-state index in [2.05, 4.69) is 23.2 Å². The van der Waals surface area contributed by atoms with E-state index in [0.29, 0.717) is 25.1 Å². The van der Waals surface area contributed by atoms with Crippen molar-refractivity contribution in [3.8, 4) is 5.75 Å². The van der Waals surface area contributed by atoms with Crippen LogP contribution < -0.4 is 15.4 Å². The third-order valence-electron chi connectivity index (χ3n) is 3.00. The Morgan fingerprint density at radius 3 is 2.80 bits per heavy atom. The van der Waals surface area contributed by atoms with Crippen LogP contribution in [0, 0.1) is 0 Å². The lowest BCUT2D eigenvalue weighted by atomic mass is 10.1. The molecule has 0 aliphatic rings. The topological polar surface area (TPSA) is 77.4 Å². The molecule has 0 saturated heterocycles. The average Bonchev–Trinajstić information content (AvgIpc) is 2.96. The van der Waals surface area contributed by atoms with Gasteiger partial charge in [-0.25, -0.2) is 0 Å². The van der Waals surface area contributed by atoms with Gasteiger partial charge in [0, 0.05) is 7.05 Å². The van der Waals surface area contributed by atoms with E-state index in [1.807, 2.05) is 30.1 Å². The van der Waals surface area contributed by atoms with E-state index in [1.165, 1.54) is 5.56 Å². The first-order chi connectivity index (χ1) is 9.74. The Morgan fingerprint density at radius 1 is 1.30 bits per heavy atom. The summed E-state index contributed by atoms with van der Waals surface area (Å²) in [6.07, 6.45) is 0.954. The van der Waals surface area contributed by atoms with E-state index in [1.54, 1.807) is 0 Å². The van der Waals surface area contributed by atoms with E-state index >= 15 is 0 Å². The van der Waals surface area contributed by atoms with Gasteiger partial charge in [-0.15, -0.1) is 5.10 Å². The summed E-state index contributed by atoms with van der Waals surface area (Å²) >= 11 is 0. The molecule has 1 heterocycles.